The Kier molecular flexibility index (Phi) is 5.03. The maximum Gasteiger partial charge on any atom is 0.345 e. The number of aromatic nitrogens is 1. The van der Waals surface area contributed by atoms with E-state index in [1.165, 1.54) is 12.1 Å². The van der Waals surface area contributed by atoms with Crippen LogP contribution in [0, 0.1) is 5.82 Å². The number of esters is 1. The summed E-state index contributed by atoms with van der Waals surface area (Å²) in [4.78, 5) is 25.2. The van der Waals surface area contributed by atoms with Crippen LogP contribution in [0.15, 0.2) is 45.7 Å². The Morgan fingerprint density at radius 1 is 1.26 bits per heavy atom. The number of hydrogen-bond donors (Lipinski definition) is 2. The molecule has 140 valence electrons. The maximum absolute atomic E-state index is 14.9. The third kappa shape index (κ3) is 3.11. The van der Waals surface area contributed by atoms with Crippen molar-refractivity contribution in [3.05, 3.63) is 68.2 Å². The van der Waals surface area contributed by atoms with E-state index in [9.17, 15) is 19.1 Å². The van der Waals surface area contributed by atoms with Crippen LogP contribution in [0.5, 0.6) is 0 Å². The number of carbonyl (C=O) groups excluding carboxylic acids is 1. The number of nitrogen functional groups attached to an aromatic ring is 1. The van der Waals surface area contributed by atoms with Gasteiger partial charge in [-0.25, -0.2) is 9.18 Å². The summed E-state index contributed by atoms with van der Waals surface area (Å²) in [6.07, 6.45) is -0.699. The van der Waals surface area contributed by atoms with Crippen LogP contribution in [0.1, 0.15) is 28.9 Å². The molecule has 3 rings (SSSR count). The quantitative estimate of drug-likeness (QED) is 0.616. The van der Waals surface area contributed by atoms with E-state index in [2.05, 4.69) is 20.7 Å². The number of hydrogen-bond acceptors (Lipinski definition) is 5. The Bertz CT molecular complexity index is 1110. The monoisotopic (exact) mass is 434 g/mol. The Morgan fingerprint density at radius 3 is 2.44 bits per heavy atom. The van der Waals surface area contributed by atoms with E-state index in [1.54, 1.807) is 31.2 Å². The van der Waals surface area contributed by atoms with E-state index in [0.29, 0.717) is 11.3 Å². The number of rotatable bonds is 3. The minimum absolute atomic E-state index is 0.0654. The number of methoxy groups -OCH3 is 1. The van der Waals surface area contributed by atoms with Crippen LogP contribution in [0.4, 0.5) is 10.1 Å². The molecular formula is C19H16BrFN2O4. The lowest BCUT2D eigenvalue weighted by atomic mass is 10.1. The molecule has 3 aromatic rings. The van der Waals surface area contributed by atoms with E-state index >= 15 is 0 Å². The first kappa shape index (κ1) is 19.1. The van der Waals surface area contributed by atoms with Crippen molar-refractivity contribution >= 4 is 38.5 Å². The molecule has 0 aliphatic heterocycles. The van der Waals surface area contributed by atoms with E-state index in [0.717, 1.165) is 11.7 Å². The highest BCUT2D eigenvalue weighted by Crippen LogP contribution is 2.31. The summed E-state index contributed by atoms with van der Waals surface area (Å²) in [5, 5.41) is 9.87. The lowest BCUT2D eigenvalue weighted by Crippen LogP contribution is -2.28. The number of ether oxygens (including phenoxy) is 1. The molecule has 0 aliphatic rings. The summed E-state index contributed by atoms with van der Waals surface area (Å²) in [6, 6.07) is 9.30. The number of aliphatic hydroxyl groups is 1. The SMILES string of the molecule is COC(=O)c1c(N)c2ccc(Br)c(F)c2n(-c2ccc(C(C)O)cc2)c1=O. The topological polar surface area (TPSA) is 94.6 Å². The molecule has 0 saturated carbocycles. The van der Waals surface area contributed by atoms with Crippen LogP contribution in [0.2, 0.25) is 0 Å². The van der Waals surface area contributed by atoms with Gasteiger partial charge in [0.25, 0.3) is 5.56 Å². The molecule has 1 atom stereocenters. The highest BCUT2D eigenvalue weighted by molar-refractivity contribution is 9.10. The second kappa shape index (κ2) is 7.13. The van der Waals surface area contributed by atoms with Gasteiger partial charge in [0.1, 0.15) is 5.56 Å². The molecule has 0 bridgehead atoms. The zero-order valence-corrected chi connectivity index (χ0v) is 16.1. The summed E-state index contributed by atoms with van der Waals surface area (Å²) in [6.45, 7) is 1.60. The second-order valence-electron chi connectivity index (χ2n) is 5.95. The fourth-order valence-corrected chi connectivity index (χ4v) is 3.21. The molecule has 2 aromatic carbocycles. The number of anilines is 1. The van der Waals surface area contributed by atoms with E-state index in [4.69, 9.17) is 5.73 Å². The Morgan fingerprint density at radius 2 is 1.89 bits per heavy atom. The van der Waals surface area contributed by atoms with Crippen LogP contribution in [-0.4, -0.2) is 22.8 Å². The van der Waals surface area contributed by atoms with Crippen molar-refractivity contribution in [3.8, 4) is 5.69 Å². The van der Waals surface area contributed by atoms with Crippen LogP contribution in [-0.2, 0) is 4.74 Å². The highest BCUT2D eigenvalue weighted by Gasteiger charge is 2.24. The average molecular weight is 435 g/mol. The Hall–Kier alpha value is -2.71. The zero-order chi connectivity index (χ0) is 19.9. The first-order valence-electron chi connectivity index (χ1n) is 7.96. The van der Waals surface area contributed by atoms with Crippen molar-refractivity contribution in [2.75, 3.05) is 12.8 Å². The third-order valence-electron chi connectivity index (χ3n) is 4.29. The third-order valence-corrected chi connectivity index (χ3v) is 4.90. The van der Waals surface area contributed by atoms with Crippen molar-refractivity contribution in [1.82, 2.24) is 4.57 Å². The minimum Gasteiger partial charge on any atom is -0.465 e. The standard InChI is InChI=1S/C19H16BrFN2O4/c1-9(24)10-3-5-11(6-4-10)23-17-12(7-8-13(20)15(17)21)16(22)14(18(23)25)19(26)27-2/h3-9,24H,22H2,1-2H3. The van der Waals surface area contributed by atoms with Gasteiger partial charge in [0.2, 0.25) is 0 Å². The summed E-state index contributed by atoms with van der Waals surface area (Å²) in [5.41, 5.74) is 5.56. The molecule has 27 heavy (non-hydrogen) atoms. The largest absolute Gasteiger partial charge is 0.465 e. The lowest BCUT2D eigenvalue weighted by Gasteiger charge is -2.16. The molecule has 0 amide bonds. The minimum atomic E-state index is -0.905. The van der Waals surface area contributed by atoms with Crippen LogP contribution < -0.4 is 11.3 Å². The van der Waals surface area contributed by atoms with Crippen molar-refractivity contribution in [2.24, 2.45) is 0 Å². The fraction of sp³-hybridized carbons (Fsp3) is 0.158. The van der Waals surface area contributed by atoms with Crippen molar-refractivity contribution in [1.29, 1.82) is 0 Å². The molecule has 0 spiro atoms. The number of pyridine rings is 1. The van der Waals surface area contributed by atoms with Crippen molar-refractivity contribution < 1.29 is 19.0 Å². The summed E-state index contributed by atoms with van der Waals surface area (Å²) in [5.74, 6) is -1.59. The van der Waals surface area contributed by atoms with Gasteiger partial charge in [-0.2, -0.15) is 0 Å². The number of fused-ring (bicyclic) bond motifs is 1. The van der Waals surface area contributed by atoms with Gasteiger partial charge in [-0.05, 0) is 52.7 Å². The van der Waals surface area contributed by atoms with Gasteiger partial charge in [0, 0.05) is 11.1 Å². The summed E-state index contributed by atoms with van der Waals surface area (Å²) >= 11 is 3.11. The summed E-state index contributed by atoms with van der Waals surface area (Å²) < 4.78 is 20.8. The van der Waals surface area contributed by atoms with Gasteiger partial charge in [-0.15, -0.1) is 0 Å². The summed E-state index contributed by atoms with van der Waals surface area (Å²) in [7, 11) is 1.13. The fourth-order valence-electron chi connectivity index (χ4n) is 2.89. The van der Waals surface area contributed by atoms with Crippen LogP contribution in [0.3, 0.4) is 0 Å². The molecular weight excluding hydrogens is 419 g/mol. The Balaban J connectivity index is 2.47. The molecule has 1 aromatic heterocycles. The first-order valence-corrected chi connectivity index (χ1v) is 8.76. The van der Waals surface area contributed by atoms with Crippen molar-refractivity contribution in [3.63, 3.8) is 0 Å². The predicted molar refractivity (Wildman–Crippen MR) is 104 cm³/mol. The number of benzene rings is 2. The van der Waals surface area contributed by atoms with Gasteiger partial charge >= 0.3 is 5.97 Å². The normalized spacial score (nSPS) is 12.2. The second-order valence-corrected chi connectivity index (χ2v) is 6.80. The molecule has 1 unspecified atom stereocenters. The number of halogens is 2. The van der Waals surface area contributed by atoms with Gasteiger partial charge in [-0.3, -0.25) is 9.36 Å². The van der Waals surface area contributed by atoms with E-state index in [1.807, 2.05) is 0 Å². The van der Waals surface area contributed by atoms with Gasteiger partial charge in [0.15, 0.2) is 5.82 Å². The van der Waals surface area contributed by atoms with Crippen molar-refractivity contribution in [2.45, 2.75) is 13.0 Å². The molecule has 6 nitrogen and oxygen atoms in total. The molecule has 3 N–H and O–H groups in total. The molecule has 1 heterocycles. The zero-order valence-electron chi connectivity index (χ0n) is 14.5. The highest BCUT2D eigenvalue weighted by atomic mass is 79.9. The van der Waals surface area contributed by atoms with Crippen LogP contribution >= 0.6 is 15.9 Å². The predicted octanol–water partition coefficient (Wildman–Crippen LogP) is 3.31. The molecule has 0 saturated heterocycles. The van der Waals surface area contributed by atoms with Gasteiger partial charge < -0.3 is 15.6 Å². The van der Waals surface area contributed by atoms with E-state index < -0.39 is 23.4 Å². The average Bonchev–Trinajstić information content (AvgIpc) is 2.65. The van der Waals surface area contributed by atoms with Gasteiger partial charge in [-0.1, -0.05) is 12.1 Å². The van der Waals surface area contributed by atoms with E-state index in [-0.39, 0.29) is 26.6 Å². The lowest BCUT2D eigenvalue weighted by molar-refractivity contribution is 0.0600. The molecule has 0 fully saturated rings. The molecule has 0 radical (unpaired) electrons. The number of nitrogens with zero attached hydrogens (tertiary/aromatic N) is 1. The number of nitrogens with two attached hydrogens (primary N) is 1. The van der Waals surface area contributed by atoms with Crippen LogP contribution in [0.25, 0.3) is 16.6 Å². The Labute approximate surface area is 162 Å². The molecule has 8 heteroatoms. The first-order chi connectivity index (χ1) is 12.8. The van der Waals surface area contributed by atoms with Gasteiger partial charge in [0.05, 0.1) is 28.9 Å². The number of carbonyl (C=O) groups is 1. The molecule has 0 aliphatic carbocycles. The maximum atomic E-state index is 14.9. The number of aliphatic hydroxyl groups excluding tert-OH is 1. The smallest absolute Gasteiger partial charge is 0.345 e.